The second-order valence-corrected chi connectivity index (χ2v) is 9.58. The molecule has 5 rings (SSSR count). The van der Waals surface area contributed by atoms with Crippen LogP contribution in [0.4, 0.5) is 5.69 Å². The number of amides is 1. The van der Waals surface area contributed by atoms with Crippen LogP contribution in [-0.4, -0.2) is 32.2 Å². The number of anilines is 1. The summed E-state index contributed by atoms with van der Waals surface area (Å²) in [4.78, 5) is 24.5. The lowest BCUT2D eigenvalue weighted by molar-refractivity contribution is -0.116. The Bertz CT molecular complexity index is 1190. The summed E-state index contributed by atoms with van der Waals surface area (Å²) in [5.74, 6) is 1.10. The fourth-order valence-corrected chi connectivity index (χ4v) is 5.58. The van der Waals surface area contributed by atoms with Crippen molar-refractivity contribution < 1.29 is 9.59 Å². The molecule has 1 aliphatic heterocycles. The predicted molar refractivity (Wildman–Crippen MR) is 126 cm³/mol. The Morgan fingerprint density at radius 3 is 2.75 bits per heavy atom. The van der Waals surface area contributed by atoms with Gasteiger partial charge in [-0.2, -0.15) is 0 Å². The van der Waals surface area contributed by atoms with Crippen molar-refractivity contribution in [1.82, 2.24) is 14.8 Å². The molecule has 1 N–H and O–H groups in total. The van der Waals surface area contributed by atoms with Crippen LogP contribution >= 0.6 is 23.4 Å². The summed E-state index contributed by atoms with van der Waals surface area (Å²) in [6, 6.07) is 13.5. The van der Waals surface area contributed by atoms with Gasteiger partial charge in [0, 0.05) is 29.3 Å². The highest BCUT2D eigenvalue weighted by Crippen LogP contribution is 2.38. The summed E-state index contributed by atoms with van der Waals surface area (Å²) < 4.78 is 2.18. The van der Waals surface area contributed by atoms with Crippen molar-refractivity contribution >= 4 is 40.7 Å². The average molecular weight is 467 g/mol. The molecule has 2 aliphatic rings. The Morgan fingerprint density at radius 2 is 1.94 bits per heavy atom. The van der Waals surface area contributed by atoms with Crippen LogP contribution in [-0.2, 0) is 11.2 Å². The van der Waals surface area contributed by atoms with Crippen LogP contribution in [0, 0.1) is 0 Å². The molecule has 1 amide bonds. The molecule has 3 aromatic rings. The first-order valence-corrected chi connectivity index (χ1v) is 12.2. The molecule has 2 aromatic carbocycles. The Labute approximate surface area is 195 Å². The van der Waals surface area contributed by atoms with Gasteiger partial charge in [0.15, 0.2) is 16.8 Å². The van der Waals surface area contributed by atoms with Gasteiger partial charge in [-0.3, -0.25) is 14.2 Å². The largest absolute Gasteiger partial charge is 0.326 e. The summed E-state index contributed by atoms with van der Waals surface area (Å²) in [7, 11) is 0. The predicted octanol–water partition coefficient (Wildman–Crippen LogP) is 5.57. The fraction of sp³-hybridized carbons (Fsp3) is 0.333. The van der Waals surface area contributed by atoms with Gasteiger partial charge in [0.05, 0.1) is 10.8 Å². The second-order valence-electron chi connectivity index (χ2n) is 8.23. The van der Waals surface area contributed by atoms with E-state index in [4.69, 9.17) is 11.6 Å². The highest BCUT2D eigenvalue weighted by molar-refractivity contribution is 7.99. The van der Waals surface area contributed by atoms with E-state index in [0.29, 0.717) is 29.5 Å². The van der Waals surface area contributed by atoms with E-state index in [-0.39, 0.29) is 17.4 Å². The van der Waals surface area contributed by atoms with Crippen LogP contribution in [0.25, 0.3) is 11.4 Å². The molecule has 1 saturated carbocycles. The molecule has 0 bridgehead atoms. The summed E-state index contributed by atoms with van der Waals surface area (Å²) in [6.45, 7) is 0. The lowest BCUT2D eigenvalue weighted by atomic mass is 9.99. The van der Waals surface area contributed by atoms with Crippen LogP contribution in [0.2, 0.25) is 5.02 Å². The van der Waals surface area contributed by atoms with Crippen LogP contribution in [0.1, 0.15) is 54.1 Å². The number of aromatic nitrogens is 3. The summed E-state index contributed by atoms with van der Waals surface area (Å²) in [6.07, 6.45) is 5.63. The van der Waals surface area contributed by atoms with Gasteiger partial charge in [0.1, 0.15) is 0 Å². The summed E-state index contributed by atoms with van der Waals surface area (Å²) in [5, 5.41) is 13.2. The van der Waals surface area contributed by atoms with Gasteiger partial charge in [0.25, 0.3) is 0 Å². The molecular formula is C24H23ClN4O2S. The van der Waals surface area contributed by atoms with E-state index in [2.05, 4.69) is 20.1 Å². The molecule has 0 saturated heterocycles. The quantitative estimate of drug-likeness (QED) is 0.379. The smallest absolute Gasteiger partial charge is 0.224 e. The number of fused-ring (bicyclic) bond motifs is 1. The SMILES string of the molecule is O=C1CCc2cc(C(=O)CSc3nnc(-c4ccccc4Cl)n3C3CCCC3)ccc2N1. The second kappa shape index (κ2) is 9.08. The molecule has 0 radical (unpaired) electrons. The maximum atomic E-state index is 12.9. The number of carbonyl (C=O) groups excluding carboxylic acids is 2. The van der Waals surface area contributed by atoms with Crippen LogP contribution in [0.5, 0.6) is 0 Å². The third kappa shape index (κ3) is 4.19. The number of carbonyl (C=O) groups is 2. The fourth-order valence-electron chi connectivity index (χ4n) is 4.46. The number of thioether (sulfide) groups is 1. The molecule has 0 atom stereocenters. The zero-order valence-electron chi connectivity index (χ0n) is 17.5. The maximum absolute atomic E-state index is 12.9. The zero-order valence-corrected chi connectivity index (χ0v) is 19.1. The van der Waals surface area contributed by atoms with E-state index in [0.717, 1.165) is 40.6 Å². The van der Waals surface area contributed by atoms with E-state index in [1.165, 1.54) is 24.6 Å². The van der Waals surface area contributed by atoms with E-state index in [9.17, 15) is 9.59 Å². The third-order valence-corrected chi connectivity index (χ3v) is 7.40. The standard InChI is InChI=1S/C24H23ClN4O2S/c25-19-8-4-3-7-18(19)23-27-28-24(29(23)17-5-1-2-6-17)32-14-21(30)16-9-11-20-15(13-16)10-12-22(31)26-20/h3-4,7-9,11,13,17H,1-2,5-6,10,12,14H2,(H,26,31). The molecule has 0 spiro atoms. The highest BCUT2D eigenvalue weighted by Gasteiger charge is 2.26. The minimum atomic E-state index is 0.0210. The van der Waals surface area contributed by atoms with Gasteiger partial charge in [-0.05, 0) is 55.2 Å². The highest BCUT2D eigenvalue weighted by atomic mass is 35.5. The Hall–Kier alpha value is -2.64. The first-order valence-electron chi connectivity index (χ1n) is 10.9. The first kappa shape index (κ1) is 21.2. The van der Waals surface area contributed by atoms with Crippen LogP contribution in [0.15, 0.2) is 47.6 Å². The van der Waals surface area contributed by atoms with E-state index < -0.39 is 0 Å². The third-order valence-electron chi connectivity index (χ3n) is 6.12. The molecule has 6 nitrogen and oxygen atoms in total. The maximum Gasteiger partial charge on any atom is 0.224 e. The van der Waals surface area contributed by atoms with Gasteiger partial charge >= 0.3 is 0 Å². The summed E-state index contributed by atoms with van der Waals surface area (Å²) in [5.41, 5.74) is 3.33. The normalized spacial score (nSPS) is 16.1. The van der Waals surface area contributed by atoms with Crippen molar-refractivity contribution in [2.75, 3.05) is 11.1 Å². The molecule has 1 fully saturated rings. The van der Waals surface area contributed by atoms with E-state index in [1.54, 1.807) is 6.07 Å². The average Bonchev–Trinajstić information content (AvgIpc) is 3.47. The number of rotatable bonds is 6. The van der Waals surface area contributed by atoms with Gasteiger partial charge in [-0.15, -0.1) is 10.2 Å². The number of nitrogens with zero attached hydrogens (tertiary/aromatic N) is 3. The number of Topliss-reactive ketones (excluding diaryl/α,β-unsaturated/α-hetero) is 1. The number of hydrogen-bond acceptors (Lipinski definition) is 5. The number of hydrogen-bond donors (Lipinski definition) is 1. The van der Waals surface area contributed by atoms with Crippen molar-refractivity contribution in [2.45, 2.75) is 49.7 Å². The van der Waals surface area contributed by atoms with Crippen molar-refractivity contribution in [1.29, 1.82) is 0 Å². The minimum absolute atomic E-state index is 0.0210. The Morgan fingerprint density at radius 1 is 1.12 bits per heavy atom. The Balaban J connectivity index is 1.38. The zero-order chi connectivity index (χ0) is 22.1. The van der Waals surface area contributed by atoms with Crippen molar-refractivity contribution in [2.24, 2.45) is 0 Å². The molecule has 164 valence electrons. The number of benzene rings is 2. The minimum Gasteiger partial charge on any atom is -0.326 e. The van der Waals surface area contributed by atoms with Crippen LogP contribution < -0.4 is 5.32 Å². The van der Waals surface area contributed by atoms with E-state index >= 15 is 0 Å². The van der Waals surface area contributed by atoms with Gasteiger partial charge in [0.2, 0.25) is 5.91 Å². The topological polar surface area (TPSA) is 76.9 Å². The molecule has 1 aliphatic carbocycles. The molecule has 32 heavy (non-hydrogen) atoms. The molecule has 0 unspecified atom stereocenters. The molecule has 8 heteroatoms. The first-order chi connectivity index (χ1) is 15.6. The number of halogens is 1. The van der Waals surface area contributed by atoms with Crippen molar-refractivity contribution in [3.63, 3.8) is 0 Å². The molecule has 1 aromatic heterocycles. The van der Waals surface area contributed by atoms with E-state index in [1.807, 2.05) is 36.4 Å². The Kier molecular flexibility index (Phi) is 6.02. The number of nitrogens with one attached hydrogen (secondary N) is 1. The van der Waals surface area contributed by atoms with Gasteiger partial charge in [-0.1, -0.05) is 48.3 Å². The number of aryl methyl sites for hydroxylation is 1. The molecular weight excluding hydrogens is 444 g/mol. The summed E-state index contributed by atoms with van der Waals surface area (Å²) >= 11 is 7.88. The van der Waals surface area contributed by atoms with Gasteiger partial charge < -0.3 is 5.32 Å². The monoisotopic (exact) mass is 466 g/mol. The lowest BCUT2D eigenvalue weighted by Crippen LogP contribution is -2.19. The van der Waals surface area contributed by atoms with Crippen molar-refractivity contribution in [3.8, 4) is 11.4 Å². The molecule has 2 heterocycles. The number of ketones is 1. The van der Waals surface area contributed by atoms with Crippen LogP contribution in [0.3, 0.4) is 0 Å². The lowest BCUT2D eigenvalue weighted by Gasteiger charge is -2.18. The van der Waals surface area contributed by atoms with Crippen molar-refractivity contribution in [3.05, 3.63) is 58.6 Å². The van der Waals surface area contributed by atoms with Gasteiger partial charge in [-0.25, -0.2) is 0 Å².